The zero-order valence-corrected chi connectivity index (χ0v) is 16.3. The zero-order chi connectivity index (χ0) is 20.4. The van der Waals surface area contributed by atoms with Gasteiger partial charge in [-0.05, 0) is 18.2 Å². The average molecular weight is 378 g/mol. The number of hydrogen-bond donors (Lipinski definition) is 1. The van der Waals surface area contributed by atoms with E-state index in [4.69, 9.17) is 0 Å². The largest absolute Gasteiger partial charge is 0.377 e. The van der Waals surface area contributed by atoms with E-state index >= 15 is 0 Å². The highest BCUT2D eigenvalue weighted by Gasteiger charge is 2.25. The normalized spacial score (nSPS) is 10.6. The summed E-state index contributed by atoms with van der Waals surface area (Å²) in [7, 11) is 7.32. The Morgan fingerprint density at radius 3 is 2.21 bits per heavy atom. The van der Waals surface area contributed by atoms with Crippen molar-refractivity contribution in [3.63, 3.8) is 0 Å². The number of nitro groups is 1. The summed E-state index contributed by atoms with van der Waals surface area (Å²) in [6.45, 7) is 0. The number of amides is 1. The molecule has 28 heavy (non-hydrogen) atoms. The Bertz CT molecular complexity index is 1050. The lowest BCUT2D eigenvalue weighted by atomic mass is 10.0. The van der Waals surface area contributed by atoms with E-state index in [-0.39, 0.29) is 11.6 Å². The molecule has 1 N–H and O–H groups in total. The third-order valence-electron chi connectivity index (χ3n) is 4.50. The summed E-state index contributed by atoms with van der Waals surface area (Å²) >= 11 is 0. The molecule has 0 heterocycles. The quantitative estimate of drug-likeness (QED) is 0.533. The summed E-state index contributed by atoms with van der Waals surface area (Å²) in [5, 5.41) is 16.1. The first kappa shape index (κ1) is 19.2. The number of fused-ring (bicyclic) bond motifs is 1. The first-order valence-corrected chi connectivity index (χ1v) is 8.76. The Kier molecular flexibility index (Phi) is 5.17. The molecule has 144 valence electrons. The fraction of sp³-hybridized carbons (Fsp3) is 0.190. The standard InChI is InChI=1S/C21H22N4O3/c1-23(2)17-12-8-11-15-16(22-21(26)14-9-6-5-7-10-14)13-18(25(27)28)20(19(15)17)24(3)4/h5-13H,1-4H3,(H,22,26). The van der Waals surface area contributed by atoms with Crippen LogP contribution in [0, 0.1) is 10.1 Å². The summed E-state index contributed by atoms with van der Waals surface area (Å²) in [6, 6.07) is 15.8. The third-order valence-corrected chi connectivity index (χ3v) is 4.50. The predicted octanol–water partition coefficient (Wildman–Crippen LogP) is 4.13. The van der Waals surface area contributed by atoms with Crippen molar-refractivity contribution in [3.8, 4) is 0 Å². The first-order valence-electron chi connectivity index (χ1n) is 8.76. The predicted molar refractivity (Wildman–Crippen MR) is 114 cm³/mol. The van der Waals surface area contributed by atoms with Crippen LogP contribution in [0.3, 0.4) is 0 Å². The lowest BCUT2D eigenvalue weighted by Crippen LogP contribution is -2.17. The van der Waals surface area contributed by atoms with E-state index < -0.39 is 4.92 Å². The maximum atomic E-state index is 12.7. The number of nitro benzene ring substituents is 1. The van der Waals surface area contributed by atoms with Crippen LogP contribution < -0.4 is 15.1 Å². The van der Waals surface area contributed by atoms with E-state index in [9.17, 15) is 14.9 Å². The van der Waals surface area contributed by atoms with Crippen LogP contribution in [0.1, 0.15) is 10.4 Å². The minimum Gasteiger partial charge on any atom is -0.377 e. The first-order chi connectivity index (χ1) is 13.3. The van der Waals surface area contributed by atoms with Gasteiger partial charge in [0.15, 0.2) is 0 Å². The van der Waals surface area contributed by atoms with Gasteiger partial charge in [-0.25, -0.2) is 0 Å². The van der Waals surface area contributed by atoms with Gasteiger partial charge in [0.1, 0.15) is 5.69 Å². The van der Waals surface area contributed by atoms with E-state index in [1.165, 1.54) is 6.07 Å². The maximum Gasteiger partial charge on any atom is 0.295 e. The van der Waals surface area contributed by atoms with E-state index in [1.54, 1.807) is 43.3 Å². The molecular weight excluding hydrogens is 356 g/mol. The van der Waals surface area contributed by atoms with Crippen LogP contribution in [0.2, 0.25) is 0 Å². The molecule has 0 aromatic heterocycles. The molecule has 0 aliphatic heterocycles. The second kappa shape index (κ2) is 7.56. The number of benzene rings is 3. The molecule has 0 saturated carbocycles. The van der Waals surface area contributed by atoms with Crippen molar-refractivity contribution in [2.45, 2.75) is 0 Å². The van der Waals surface area contributed by atoms with Gasteiger partial charge in [0.2, 0.25) is 0 Å². The Balaban J connectivity index is 2.29. The molecule has 0 aliphatic carbocycles. The van der Waals surface area contributed by atoms with Crippen LogP contribution in [0.15, 0.2) is 54.6 Å². The molecule has 1 amide bonds. The van der Waals surface area contributed by atoms with Crippen molar-refractivity contribution in [2.24, 2.45) is 0 Å². The molecule has 0 radical (unpaired) electrons. The summed E-state index contributed by atoms with van der Waals surface area (Å²) in [5.41, 5.74) is 2.17. The van der Waals surface area contributed by atoms with Crippen LogP contribution in [0.4, 0.5) is 22.7 Å². The average Bonchev–Trinajstić information content (AvgIpc) is 2.67. The number of hydrogen-bond acceptors (Lipinski definition) is 5. The highest BCUT2D eigenvalue weighted by molar-refractivity contribution is 6.16. The van der Waals surface area contributed by atoms with Gasteiger partial charge in [-0.1, -0.05) is 30.3 Å². The Hall–Kier alpha value is -3.61. The summed E-state index contributed by atoms with van der Waals surface area (Å²) in [5.74, 6) is -0.316. The maximum absolute atomic E-state index is 12.7. The Morgan fingerprint density at radius 2 is 1.64 bits per heavy atom. The number of nitrogens with zero attached hydrogens (tertiary/aromatic N) is 3. The molecular formula is C21H22N4O3. The fourth-order valence-electron chi connectivity index (χ4n) is 3.28. The monoisotopic (exact) mass is 378 g/mol. The number of anilines is 3. The molecule has 0 unspecified atom stereocenters. The number of carbonyl (C=O) groups excluding carboxylic acids is 1. The van der Waals surface area contributed by atoms with Gasteiger partial charge in [0, 0.05) is 56.3 Å². The second-order valence-corrected chi connectivity index (χ2v) is 6.86. The third kappa shape index (κ3) is 3.46. The van der Waals surface area contributed by atoms with E-state index in [0.29, 0.717) is 16.9 Å². The van der Waals surface area contributed by atoms with Gasteiger partial charge in [-0.3, -0.25) is 14.9 Å². The Labute approximate surface area is 163 Å². The van der Waals surface area contributed by atoms with Gasteiger partial charge in [-0.2, -0.15) is 0 Å². The van der Waals surface area contributed by atoms with Gasteiger partial charge in [0.25, 0.3) is 11.6 Å². The molecule has 3 rings (SSSR count). The van der Waals surface area contributed by atoms with Crippen LogP contribution >= 0.6 is 0 Å². The van der Waals surface area contributed by atoms with E-state index in [2.05, 4.69) is 5.32 Å². The summed E-state index contributed by atoms with van der Waals surface area (Å²) in [6.07, 6.45) is 0. The number of rotatable bonds is 5. The van der Waals surface area contributed by atoms with Crippen molar-refractivity contribution in [2.75, 3.05) is 43.3 Å². The van der Waals surface area contributed by atoms with Crippen LogP contribution in [0.25, 0.3) is 10.8 Å². The van der Waals surface area contributed by atoms with Crippen LogP contribution in [0.5, 0.6) is 0 Å². The SMILES string of the molecule is CN(C)c1cccc2c(NC(=O)c3ccccc3)cc([N+](=O)[O-])c(N(C)C)c12. The van der Waals surface area contributed by atoms with Crippen molar-refractivity contribution < 1.29 is 9.72 Å². The lowest BCUT2D eigenvalue weighted by Gasteiger charge is -2.23. The van der Waals surface area contributed by atoms with Gasteiger partial charge < -0.3 is 15.1 Å². The van der Waals surface area contributed by atoms with Gasteiger partial charge in [-0.15, -0.1) is 0 Å². The highest BCUT2D eigenvalue weighted by Crippen LogP contribution is 2.44. The molecule has 7 heteroatoms. The lowest BCUT2D eigenvalue weighted by molar-refractivity contribution is -0.383. The minimum absolute atomic E-state index is 0.0600. The van der Waals surface area contributed by atoms with Gasteiger partial charge >= 0.3 is 0 Å². The summed E-state index contributed by atoms with van der Waals surface area (Å²) in [4.78, 5) is 27.7. The fourth-order valence-corrected chi connectivity index (χ4v) is 3.28. The topological polar surface area (TPSA) is 78.7 Å². The van der Waals surface area contributed by atoms with E-state index in [1.807, 2.05) is 43.3 Å². The number of nitrogens with one attached hydrogen (secondary N) is 1. The van der Waals surface area contributed by atoms with Gasteiger partial charge in [0.05, 0.1) is 10.6 Å². The van der Waals surface area contributed by atoms with Crippen molar-refractivity contribution in [1.29, 1.82) is 0 Å². The van der Waals surface area contributed by atoms with Crippen molar-refractivity contribution >= 4 is 39.4 Å². The van der Waals surface area contributed by atoms with Crippen molar-refractivity contribution in [3.05, 3.63) is 70.3 Å². The molecule has 0 saturated heterocycles. The van der Waals surface area contributed by atoms with Crippen molar-refractivity contribution in [1.82, 2.24) is 0 Å². The smallest absolute Gasteiger partial charge is 0.295 e. The molecule has 3 aromatic rings. The molecule has 0 atom stereocenters. The molecule has 0 bridgehead atoms. The van der Waals surface area contributed by atoms with Crippen LogP contribution in [-0.2, 0) is 0 Å². The highest BCUT2D eigenvalue weighted by atomic mass is 16.6. The molecule has 7 nitrogen and oxygen atoms in total. The summed E-state index contributed by atoms with van der Waals surface area (Å²) < 4.78 is 0. The zero-order valence-electron chi connectivity index (χ0n) is 16.3. The minimum atomic E-state index is -0.417. The molecule has 3 aromatic carbocycles. The van der Waals surface area contributed by atoms with E-state index in [0.717, 1.165) is 16.5 Å². The van der Waals surface area contributed by atoms with Crippen LogP contribution in [-0.4, -0.2) is 39.0 Å². The molecule has 0 spiro atoms. The number of carbonyl (C=O) groups is 1. The Morgan fingerprint density at radius 1 is 0.964 bits per heavy atom. The molecule has 0 fully saturated rings. The molecule has 0 aliphatic rings. The second-order valence-electron chi connectivity index (χ2n) is 6.86.